The second kappa shape index (κ2) is 16.2. The summed E-state index contributed by atoms with van der Waals surface area (Å²) in [5.41, 5.74) is 0. The van der Waals surface area contributed by atoms with Crippen LogP contribution in [0.1, 0.15) is 70.6 Å². The first-order valence-corrected chi connectivity index (χ1v) is 8.51. The number of hydrogen-bond donors (Lipinski definition) is 3. The van der Waals surface area contributed by atoms with Crippen molar-refractivity contribution in [3.05, 3.63) is 24.3 Å². The van der Waals surface area contributed by atoms with Gasteiger partial charge >= 0.3 is 5.97 Å². The summed E-state index contributed by atoms with van der Waals surface area (Å²) in [4.78, 5) is 10.3. The monoisotopic (exact) mass is 312 g/mol. The number of hydrogen-bond acceptors (Lipinski definition) is 3. The van der Waals surface area contributed by atoms with Gasteiger partial charge in [-0.15, -0.1) is 0 Å². The highest BCUT2D eigenvalue weighted by Gasteiger charge is 2.01. The van der Waals surface area contributed by atoms with Crippen LogP contribution < -0.4 is 0 Å². The minimum absolute atomic E-state index is 0.112. The van der Waals surface area contributed by atoms with Crippen LogP contribution in [0.2, 0.25) is 0 Å². The fourth-order valence-electron chi connectivity index (χ4n) is 2.18. The highest BCUT2D eigenvalue weighted by Crippen LogP contribution is 2.08. The minimum atomic E-state index is -0.815. The first kappa shape index (κ1) is 20.9. The maximum absolute atomic E-state index is 10.3. The van der Waals surface area contributed by atoms with E-state index < -0.39 is 12.1 Å². The van der Waals surface area contributed by atoms with Gasteiger partial charge < -0.3 is 15.3 Å². The molecule has 0 unspecified atom stereocenters. The molecule has 0 amide bonds. The molecule has 0 radical (unpaired) electrons. The zero-order chi connectivity index (χ0) is 16.5. The Balaban J connectivity index is 3.38. The number of unbranched alkanes of at least 4 members (excludes halogenated alkanes) is 7. The number of aliphatic hydroxyl groups is 2. The molecule has 0 fully saturated rings. The minimum Gasteiger partial charge on any atom is -0.481 e. The zero-order valence-electron chi connectivity index (χ0n) is 13.6. The maximum Gasteiger partial charge on any atom is 0.303 e. The molecule has 0 saturated carbocycles. The highest BCUT2D eigenvalue weighted by molar-refractivity contribution is 5.66. The molecule has 0 heterocycles. The van der Waals surface area contributed by atoms with E-state index in [0.29, 0.717) is 19.4 Å². The molecule has 0 aromatic rings. The van der Waals surface area contributed by atoms with Gasteiger partial charge in [-0.2, -0.15) is 0 Å². The Morgan fingerprint density at radius 3 is 2.18 bits per heavy atom. The molecule has 0 aliphatic carbocycles. The van der Waals surface area contributed by atoms with E-state index in [-0.39, 0.29) is 6.42 Å². The summed E-state index contributed by atoms with van der Waals surface area (Å²) in [6.07, 6.45) is 17.4. The molecule has 128 valence electrons. The molecule has 0 aromatic carbocycles. The standard InChI is InChI=1S/C18H32O4/c19-16-11-9-7-5-3-1-2-4-6-8-10-13-17(20)14-12-15-18(21)22/h6,8,10,13,17,19-20H,1-5,7,9,11-12,14-16H2,(H,21,22)/b8-6-,13-10+/t17-/m1/s1. The summed E-state index contributed by atoms with van der Waals surface area (Å²) in [5.74, 6) is -0.815. The van der Waals surface area contributed by atoms with E-state index in [1.54, 1.807) is 6.08 Å². The maximum atomic E-state index is 10.3. The number of carboxylic acids is 1. The number of aliphatic hydroxyl groups excluding tert-OH is 2. The van der Waals surface area contributed by atoms with Crippen molar-refractivity contribution in [3.63, 3.8) is 0 Å². The van der Waals surface area contributed by atoms with E-state index in [1.165, 1.54) is 32.1 Å². The molecule has 0 rings (SSSR count). The molecule has 4 nitrogen and oxygen atoms in total. The lowest BCUT2D eigenvalue weighted by molar-refractivity contribution is -0.137. The van der Waals surface area contributed by atoms with Gasteiger partial charge in [0.2, 0.25) is 0 Å². The van der Waals surface area contributed by atoms with Gasteiger partial charge in [0.1, 0.15) is 0 Å². The molecule has 1 atom stereocenters. The lowest BCUT2D eigenvalue weighted by Crippen LogP contribution is -2.03. The number of carbonyl (C=O) groups is 1. The van der Waals surface area contributed by atoms with Gasteiger partial charge in [-0.05, 0) is 32.1 Å². The number of carboxylic acid groups (broad SMARTS) is 1. The van der Waals surface area contributed by atoms with E-state index in [9.17, 15) is 9.90 Å². The van der Waals surface area contributed by atoms with Crippen molar-refractivity contribution in [2.24, 2.45) is 0 Å². The Morgan fingerprint density at radius 2 is 1.55 bits per heavy atom. The Bertz CT molecular complexity index is 310. The molecule has 0 bridgehead atoms. The van der Waals surface area contributed by atoms with Gasteiger partial charge in [0.25, 0.3) is 0 Å². The Labute approximate surface area is 134 Å². The van der Waals surface area contributed by atoms with Crippen LogP contribution in [-0.4, -0.2) is 34.0 Å². The molecule has 4 heteroatoms. The van der Waals surface area contributed by atoms with E-state index in [2.05, 4.69) is 6.08 Å². The topological polar surface area (TPSA) is 77.8 Å². The largest absolute Gasteiger partial charge is 0.481 e. The fourth-order valence-corrected chi connectivity index (χ4v) is 2.18. The molecule has 3 N–H and O–H groups in total. The third kappa shape index (κ3) is 16.9. The smallest absolute Gasteiger partial charge is 0.303 e. The van der Waals surface area contributed by atoms with E-state index >= 15 is 0 Å². The summed E-state index contributed by atoms with van der Waals surface area (Å²) < 4.78 is 0. The average Bonchev–Trinajstić information content (AvgIpc) is 2.48. The van der Waals surface area contributed by atoms with Gasteiger partial charge in [-0.1, -0.05) is 56.4 Å². The summed E-state index contributed by atoms with van der Waals surface area (Å²) in [6.45, 7) is 0.312. The zero-order valence-corrected chi connectivity index (χ0v) is 13.6. The number of rotatable bonds is 15. The van der Waals surface area contributed by atoms with Crippen LogP contribution >= 0.6 is 0 Å². The quantitative estimate of drug-likeness (QED) is 0.317. The molecule has 0 aliphatic heterocycles. The molecule has 0 saturated heterocycles. The van der Waals surface area contributed by atoms with Crippen LogP contribution in [0.25, 0.3) is 0 Å². The second-order valence-electron chi connectivity index (χ2n) is 5.65. The Morgan fingerprint density at radius 1 is 0.909 bits per heavy atom. The number of aliphatic carboxylic acids is 1. The first-order chi connectivity index (χ1) is 10.7. The van der Waals surface area contributed by atoms with Crippen LogP contribution in [-0.2, 0) is 4.79 Å². The van der Waals surface area contributed by atoms with E-state index in [4.69, 9.17) is 10.2 Å². The van der Waals surface area contributed by atoms with Crippen LogP contribution in [0, 0.1) is 0 Å². The summed E-state index contributed by atoms with van der Waals surface area (Å²) in [6, 6.07) is 0. The van der Waals surface area contributed by atoms with Crippen LogP contribution in [0.3, 0.4) is 0 Å². The Hall–Kier alpha value is -1.13. The van der Waals surface area contributed by atoms with Gasteiger partial charge in [0, 0.05) is 13.0 Å². The average molecular weight is 312 g/mol. The number of allylic oxidation sites excluding steroid dienone is 3. The lowest BCUT2D eigenvalue weighted by atomic mass is 10.1. The molecule has 0 aromatic heterocycles. The lowest BCUT2D eigenvalue weighted by Gasteiger charge is -2.02. The predicted octanol–water partition coefficient (Wildman–Crippen LogP) is 3.83. The van der Waals surface area contributed by atoms with Gasteiger partial charge in [0.05, 0.1) is 6.10 Å². The summed E-state index contributed by atoms with van der Waals surface area (Å²) in [5, 5.41) is 26.7. The molecule has 22 heavy (non-hydrogen) atoms. The second-order valence-corrected chi connectivity index (χ2v) is 5.65. The Kier molecular flexibility index (Phi) is 15.4. The van der Waals surface area contributed by atoms with E-state index in [0.717, 1.165) is 19.3 Å². The van der Waals surface area contributed by atoms with Crippen molar-refractivity contribution in [1.29, 1.82) is 0 Å². The normalized spacial score (nSPS) is 13.2. The van der Waals surface area contributed by atoms with Crippen molar-refractivity contribution in [2.75, 3.05) is 6.61 Å². The molecular weight excluding hydrogens is 280 g/mol. The van der Waals surface area contributed by atoms with Gasteiger partial charge in [-0.3, -0.25) is 4.79 Å². The van der Waals surface area contributed by atoms with Crippen molar-refractivity contribution >= 4 is 5.97 Å². The van der Waals surface area contributed by atoms with Crippen molar-refractivity contribution in [1.82, 2.24) is 0 Å². The molecular formula is C18H32O4. The van der Waals surface area contributed by atoms with Gasteiger partial charge in [-0.25, -0.2) is 0 Å². The van der Waals surface area contributed by atoms with Crippen LogP contribution in [0.15, 0.2) is 24.3 Å². The van der Waals surface area contributed by atoms with Crippen molar-refractivity contribution < 1.29 is 20.1 Å². The van der Waals surface area contributed by atoms with Gasteiger partial charge in [0.15, 0.2) is 0 Å². The highest BCUT2D eigenvalue weighted by atomic mass is 16.4. The third-order valence-electron chi connectivity index (χ3n) is 3.50. The van der Waals surface area contributed by atoms with Crippen LogP contribution in [0.5, 0.6) is 0 Å². The SMILES string of the molecule is O=C(O)CCC[C@H](O)/C=C/C=C\CCCCCCCCCO. The summed E-state index contributed by atoms with van der Waals surface area (Å²) >= 11 is 0. The fraction of sp³-hybridized carbons (Fsp3) is 0.722. The van der Waals surface area contributed by atoms with Crippen molar-refractivity contribution in [2.45, 2.75) is 76.7 Å². The van der Waals surface area contributed by atoms with Crippen molar-refractivity contribution in [3.8, 4) is 0 Å². The first-order valence-electron chi connectivity index (χ1n) is 8.51. The van der Waals surface area contributed by atoms with E-state index in [1.807, 2.05) is 12.2 Å². The molecule has 0 spiro atoms. The summed E-state index contributed by atoms with van der Waals surface area (Å²) in [7, 11) is 0. The third-order valence-corrected chi connectivity index (χ3v) is 3.50. The van der Waals surface area contributed by atoms with Crippen LogP contribution in [0.4, 0.5) is 0 Å². The predicted molar refractivity (Wildman–Crippen MR) is 89.8 cm³/mol. The molecule has 0 aliphatic rings.